The number of nitrogens with zero attached hydrogens (tertiary/aromatic N) is 2. The van der Waals surface area contributed by atoms with Crippen LogP contribution in [0.3, 0.4) is 0 Å². The summed E-state index contributed by atoms with van der Waals surface area (Å²) < 4.78 is 0. The summed E-state index contributed by atoms with van der Waals surface area (Å²) in [5.41, 5.74) is 2.46. The van der Waals surface area contributed by atoms with Gasteiger partial charge in [0.1, 0.15) is 6.07 Å². The monoisotopic (exact) mass is 233 g/mol. The lowest BCUT2D eigenvalue weighted by Crippen LogP contribution is -2.38. The fourth-order valence-electron chi connectivity index (χ4n) is 1.63. The maximum Gasteiger partial charge on any atom is 0.103 e. The average Bonchev–Trinajstić information content (AvgIpc) is 2.28. The van der Waals surface area contributed by atoms with Crippen LogP contribution in [-0.2, 0) is 0 Å². The van der Waals surface area contributed by atoms with Gasteiger partial charge in [0, 0.05) is 5.69 Å². The topological polar surface area (TPSA) is 68.9 Å². The first-order valence-electron chi connectivity index (χ1n) is 5.73. The lowest BCUT2D eigenvalue weighted by atomic mass is 9.98. The zero-order chi connectivity index (χ0) is 13.1. The molecule has 4 heteroatoms. The van der Waals surface area contributed by atoms with Crippen LogP contribution in [0.15, 0.2) is 6.07 Å². The van der Waals surface area contributed by atoms with E-state index in [1.807, 2.05) is 33.8 Å². The van der Waals surface area contributed by atoms with Crippen molar-refractivity contribution in [1.29, 1.82) is 5.26 Å². The second kappa shape index (κ2) is 5.15. The van der Waals surface area contributed by atoms with Crippen molar-refractivity contribution >= 4 is 5.69 Å². The fourth-order valence-corrected chi connectivity index (χ4v) is 1.63. The second-order valence-electron chi connectivity index (χ2n) is 4.58. The summed E-state index contributed by atoms with van der Waals surface area (Å²) in [7, 11) is 0. The Hall–Kier alpha value is -1.60. The molecule has 2 N–H and O–H groups in total. The highest BCUT2D eigenvalue weighted by Crippen LogP contribution is 2.24. The van der Waals surface area contributed by atoms with E-state index in [0.717, 1.165) is 17.8 Å². The van der Waals surface area contributed by atoms with Crippen LogP contribution in [-0.4, -0.2) is 22.2 Å². The molecular formula is C13H19N3O. The molecular weight excluding hydrogens is 214 g/mol. The van der Waals surface area contributed by atoms with E-state index < -0.39 is 5.54 Å². The van der Waals surface area contributed by atoms with E-state index in [9.17, 15) is 5.11 Å². The summed E-state index contributed by atoms with van der Waals surface area (Å²) in [6, 6.07) is 4.00. The molecule has 1 atom stereocenters. The number of hydrogen-bond donors (Lipinski definition) is 2. The predicted octanol–water partition coefficient (Wildman–Crippen LogP) is 2.14. The Balaban J connectivity index is 3.19. The largest absolute Gasteiger partial charge is 0.394 e. The van der Waals surface area contributed by atoms with Gasteiger partial charge >= 0.3 is 0 Å². The van der Waals surface area contributed by atoms with Crippen molar-refractivity contribution in [3.05, 3.63) is 23.0 Å². The first kappa shape index (κ1) is 13.5. The van der Waals surface area contributed by atoms with Crippen LogP contribution in [0.25, 0.3) is 0 Å². The Kier molecular flexibility index (Phi) is 4.08. The van der Waals surface area contributed by atoms with Gasteiger partial charge < -0.3 is 10.4 Å². The molecule has 1 rings (SSSR count). The van der Waals surface area contributed by atoms with Crippen molar-refractivity contribution in [2.75, 3.05) is 11.9 Å². The Morgan fingerprint density at radius 3 is 2.65 bits per heavy atom. The highest BCUT2D eigenvalue weighted by molar-refractivity contribution is 5.61. The molecule has 1 unspecified atom stereocenters. The number of aryl methyl sites for hydroxylation is 2. The minimum absolute atomic E-state index is 0.0226. The third-order valence-corrected chi connectivity index (χ3v) is 3.01. The fraction of sp³-hybridized carbons (Fsp3) is 0.538. The maximum absolute atomic E-state index is 9.39. The Morgan fingerprint density at radius 1 is 1.53 bits per heavy atom. The number of hydrogen-bond acceptors (Lipinski definition) is 4. The van der Waals surface area contributed by atoms with Crippen LogP contribution >= 0.6 is 0 Å². The Morgan fingerprint density at radius 2 is 2.18 bits per heavy atom. The normalized spacial score (nSPS) is 13.9. The van der Waals surface area contributed by atoms with Crippen molar-refractivity contribution in [2.45, 2.75) is 39.7 Å². The van der Waals surface area contributed by atoms with Crippen molar-refractivity contribution in [3.8, 4) is 6.07 Å². The molecule has 1 heterocycles. The summed E-state index contributed by atoms with van der Waals surface area (Å²) >= 11 is 0. The SMILES string of the molecule is CCC(C)(CO)Nc1cc(C)nc(C)c1C#N. The van der Waals surface area contributed by atoms with Crippen LogP contribution < -0.4 is 5.32 Å². The van der Waals surface area contributed by atoms with E-state index in [1.54, 1.807) is 0 Å². The van der Waals surface area contributed by atoms with Crippen LogP contribution in [0, 0.1) is 25.2 Å². The molecule has 0 amide bonds. The molecule has 0 aliphatic rings. The van der Waals surface area contributed by atoms with Crippen molar-refractivity contribution in [2.24, 2.45) is 0 Å². The van der Waals surface area contributed by atoms with Gasteiger partial charge in [0.15, 0.2) is 0 Å². The molecule has 4 nitrogen and oxygen atoms in total. The van der Waals surface area contributed by atoms with E-state index >= 15 is 0 Å². The van der Waals surface area contributed by atoms with Gasteiger partial charge in [-0.15, -0.1) is 0 Å². The number of nitriles is 1. The third kappa shape index (κ3) is 2.95. The molecule has 17 heavy (non-hydrogen) atoms. The highest BCUT2D eigenvalue weighted by atomic mass is 16.3. The molecule has 0 aliphatic heterocycles. The van der Waals surface area contributed by atoms with E-state index in [1.165, 1.54) is 0 Å². The second-order valence-corrected chi connectivity index (χ2v) is 4.58. The number of aliphatic hydroxyl groups is 1. The molecule has 1 aromatic rings. The lowest BCUT2D eigenvalue weighted by molar-refractivity contribution is 0.219. The summed E-state index contributed by atoms with van der Waals surface area (Å²) in [4.78, 5) is 4.26. The number of rotatable bonds is 4. The number of aromatic nitrogens is 1. The van der Waals surface area contributed by atoms with E-state index in [-0.39, 0.29) is 6.61 Å². The minimum atomic E-state index is -0.411. The number of anilines is 1. The van der Waals surface area contributed by atoms with Gasteiger partial charge in [0.05, 0.1) is 29.1 Å². The first-order valence-corrected chi connectivity index (χ1v) is 5.73. The minimum Gasteiger partial charge on any atom is -0.394 e. The van der Waals surface area contributed by atoms with Crippen LogP contribution in [0.4, 0.5) is 5.69 Å². The average molecular weight is 233 g/mol. The molecule has 0 saturated carbocycles. The summed E-state index contributed by atoms with van der Waals surface area (Å²) in [5.74, 6) is 0. The molecule has 0 aliphatic carbocycles. The maximum atomic E-state index is 9.39. The quantitative estimate of drug-likeness (QED) is 0.836. The summed E-state index contributed by atoms with van der Waals surface area (Å²) in [6.45, 7) is 7.66. The van der Waals surface area contributed by atoms with Gasteiger partial charge in [-0.3, -0.25) is 4.98 Å². The third-order valence-electron chi connectivity index (χ3n) is 3.01. The van der Waals surface area contributed by atoms with Crippen LogP contribution in [0.2, 0.25) is 0 Å². The van der Waals surface area contributed by atoms with Gasteiger partial charge in [-0.05, 0) is 33.3 Å². The highest BCUT2D eigenvalue weighted by Gasteiger charge is 2.22. The molecule has 0 saturated heterocycles. The van der Waals surface area contributed by atoms with E-state index in [2.05, 4.69) is 16.4 Å². The number of aliphatic hydroxyl groups excluding tert-OH is 1. The van der Waals surface area contributed by atoms with Crippen molar-refractivity contribution in [3.63, 3.8) is 0 Å². The summed E-state index contributed by atoms with van der Waals surface area (Å²) in [6.07, 6.45) is 0.773. The van der Waals surface area contributed by atoms with Crippen molar-refractivity contribution < 1.29 is 5.11 Å². The zero-order valence-electron chi connectivity index (χ0n) is 10.8. The van der Waals surface area contributed by atoms with Crippen LogP contribution in [0.1, 0.15) is 37.2 Å². The van der Waals surface area contributed by atoms with Gasteiger partial charge in [-0.25, -0.2) is 0 Å². The molecule has 0 radical (unpaired) electrons. The summed E-state index contributed by atoms with van der Waals surface area (Å²) in [5, 5.41) is 21.8. The van der Waals surface area contributed by atoms with E-state index in [0.29, 0.717) is 11.3 Å². The molecule has 0 aromatic carbocycles. The predicted molar refractivity (Wildman–Crippen MR) is 67.8 cm³/mol. The zero-order valence-corrected chi connectivity index (χ0v) is 10.8. The standard InChI is InChI=1S/C13H19N3O/c1-5-13(4,8-17)16-12-6-9(2)15-10(3)11(12)7-14/h6,17H,5,8H2,1-4H3,(H,15,16). The van der Waals surface area contributed by atoms with E-state index in [4.69, 9.17) is 5.26 Å². The lowest BCUT2D eigenvalue weighted by Gasteiger charge is -2.29. The first-order chi connectivity index (χ1) is 7.95. The molecule has 0 spiro atoms. The smallest absolute Gasteiger partial charge is 0.103 e. The van der Waals surface area contributed by atoms with Gasteiger partial charge in [0.25, 0.3) is 0 Å². The van der Waals surface area contributed by atoms with Gasteiger partial charge in [0.2, 0.25) is 0 Å². The molecule has 92 valence electrons. The van der Waals surface area contributed by atoms with Crippen LogP contribution in [0.5, 0.6) is 0 Å². The van der Waals surface area contributed by atoms with Gasteiger partial charge in [-0.2, -0.15) is 5.26 Å². The molecule has 0 bridgehead atoms. The number of nitrogens with one attached hydrogen (secondary N) is 1. The van der Waals surface area contributed by atoms with Gasteiger partial charge in [-0.1, -0.05) is 6.92 Å². The number of pyridine rings is 1. The molecule has 1 aromatic heterocycles. The Labute approximate surface area is 102 Å². The van der Waals surface area contributed by atoms with Crippen molar-refractivity contribution in [1.82, 2.24) is 4.98 Å². The Bertz CT molecular complexity index is 445. The molecule has 0 fully saturated rings.